The Labute approximate surface area is 184 Å². The number of rotatable bonds is 4. The van der Waals surface area contributed by atoms with Crippen molar-refractivity contribution in [3.8, 4) is 22.9 Å². The highest BCUT2D eigenvalue weighted by atomic mass is 32.1. The smallest absolute Gasteiger partial charge is 0.268 e. The van der Waals surface area contributed by atoms with Crippen molar-refractivity contribution >= 4 is 17.4 Å². The first-order valence-corrected chi connectivity index (χ1v) is 11.2. The molecule has 0 bridgehead atoms. The minimum atomic E-state index is -0.00804. The second-order valence-electron chi connectivity index (χ2n) is 7.92. The number of amides is 1. The topological polar surface area (TPSA) is 95.3 Å². The molecule has 2 aromatic heterocycles. The van der Waals surface area contributed by atoms with Gasteiger partial charge in [0.2, 0.25) is 0 Å². The van der Waals surface area contributed by atoms with Crippen molar-refractivity contribution in [2.75, 3.05) is 14.2 Å². The molecule has 3 heterocycles. The van der Waals surface area contributed by atoms with Crippen molar-refractivity contribution < 1.29 is 14.3 Å². The Bertz CT molecular complexity index is 1130. The predicted molar refractivity (Wildman–Crippen MR) is 114 cm³/mol. The lowest BCUT2D eigenvalue weighted by Crippen LogP contribution is -2.50. The Kier molecular flexibility index (Phi) is 5.09. The summed E-state index contributed by atoms with van der Waals surface area (Å²) < 4.78 is 17.0. The zero-order valence-corrected chi connectivity index (χ0v) is 18.6. The van der Waals surface area contributed by atoms with Gasteiger partial charge in [-0.1, -0.05) is 17.3 Å². The normalized spacial score (nSPS) is 20.2. The fraction of sp³-hybridized carbons (Fsp3) is 0.476. The molecule has 1 fully saturated rings. The summed E-state index contributed by atoms with van der Waals surface area (Å²) in [4.78, 5) is 15.9. The summed E-state index contributed by atoms with van der Waals surface area (Å²) in [7, 11) is 3.24. The van der Waals surface area contributed by atoms with Gasteiger partial charge in [-0.15, -0.1) is 15.3 Å². The Morgan fingerprint density at radius 2 is 1.84 bits per heavy atom. The highest BCUT2D eigenvalue weighted by Crippen LogP contribution is 2.41. The van der Waals surface area contributed by atoms with Crippen LogP contribution in [0, 0.1) is 6.92 Å². The van der Waals surface area contributed by atoms with Gasteiger partial charge >= 0.3 is 0 Å². The van der Waals surface area contributed by atoms with E-state index in [4.69, 9.17) is 9.47 Å². The summed E-state index contributed by atoms with van der Waals surface area (Å²) >= 11 is 1.16. The molecule has 1 aliphatic heterocycles. The Balaban J connectivity index is 1.56. The molecule has 0 radical (unpaired) electrons. The molecule has 0 saturated heterocycles. The van der Waals surface area contributed by atoms with E-state index >= 15 is 0 Å². The van der Waals surface area contributed by atoms with Crippen LogP contribution >= 0.6 is 11.5 Å². The van der Waals surface area contributed by atoms with Crippen LogP contribution in [0.25, 0.3) is 11.4 Å². The second kappa shape index (κ2) is 7.92. The standard InChI is InChI=1S/C21H24N6O3S/c1-12-19(31-25-22-12)21(28)26-11-18-23-24-20(27(18)15-7-5-4-6-14(15)26)13-8-9-16(29-2)17(10-13)30-3/h8-10,14-15H,4-7,11H2,1-3H3/t14-,15+/m0/s1. The molecule has 162 valence electrons. The Morgan fingerprint density at radius 3 is 2.55 bits per heavy atom. The van der Waals surface area contributed by atoms with Crippen molar-refractivity contribution in [2.45, 2.75) is 51.2 Å². The van der Waals surface area contributed by atoms with Crippen molar-refractivity contribution in [2.24, 2.45) is 0 Å². The van der Waals surface area contributed by atoms with Crippen LogP contribution in [-0.2, 0) is 6.54 Å². The number of hydrogen-bond donors (Lipinski definition) is 0. The zero-order valence-electron chi connectivity index (χ0n) is 17.7. The minimum Gasteiger partial charge on any atom is -0.493 e. The monoisotopic (exact) mass is 440 g/mol. The van der Waals surface area contributed by atoms with E-state index in [1.54, 1.807) is 14.2 Å². The molecule has 10 heteroatoms. The van der Waals surface area contributed by atoms with E-state index in [2.05, 4.69) is 24.4 Å². The molecule has 2 aliphatic rings. The summed E-state index contributed by atoms with van der Waals surface area (Å²) in [5, 5.41) is 13.0. The summed E-state index contributed by atoms with van der Waals surface area (Å²) in [5.41, 5.74) is 1.60. The van der Waals surface area contributed by atoms with Gasteiger partial charge in [-0.05, 0) is 49.5 Å². The number of aryl methyl sites for hydroxylation is 1. The number of benzene rings is 1. The van der Waals surface area contributed by atoms with Crippen LogP contribution in [-0.4, -0.2) is 55.4 Å². The van der Waals surface area contributed by atoms with Crippen molar-refractivity contribution in [3.05, 3.63) is 34.6 Å². The molecule has 1 aliphatic carbocycles. The molecule has 9 nitrogen and oxygen atoms in total. The van der Waals surface area contributed by atoms with Gasteiger partial charge in [0.1, 0.15) is 4.88 Å². The fourth-order valence-corrected chi connectivity index (χ4v) is 5.37. The highest BCUT2D eigenvalue weighted by molar-refractivity contribution is 7.07. The Morgan fingerprint density at radius 1 is 1.06 bits per heavy atom. The van der Waals surface area contributed by atoms with Gasteiger partial charge in [0.25, 0.3) is 5.91 Å². The number of nitrogens with zero attached hydrogens (tertiary/aromatic N) is 6. The second-order valence-corrected chi connectivity index (χ2v) is 8.67. The number of methoxy groups -OCH3 is 2. The van der Waals surface area contributed by atoms with E-state index in [9.17, 15) is 4.79 Å². The van der Waals surface area contributed by atoms with Crippen LogP contribution < -0.4 is 9.47 Å². The van der Waals surface area contributed by atoms with Crippen molar-refractivity contribution in [1.82, 2.24) is 29.3 Å². The van der Waals surface area contributed by atoms with Crippen LogP contribution in [0.3, 0.4) is 0 Å². The van der Waals surface area contributed by atoms with Crippen LogP contribution in [0.4, 0.5) is 0 Å². The van der Waals surface area contributed by atoms with E-state index < -0.39 is 0 Å². The van der Waals surface area contributed by atoms with E-state index in [0.29, 0.717) is 28.6 Å². The molecule has 0 N–H and O–H groups in total. The molecular weight excluding hydrogens is 416 g/mol. The van der Waals surface area contributed by atoms with Crippen LogP contribution in [0.5, 0.6) is 11.5 Å². The van der Waals surface area contributed by atoms with Gasteiger partial charge in [-0.25, -0.2) is 0 Å². The minimum absolute atomic E-state index is 0.00804. The maximum Gasteiger partial charge on any atom is 0.268 e. The number of carbonyl (C=O) groups is 1. The van der Waals surface area contributed by atoms with Gasteiger partial charge in [-0.3, -0.25) is 4.79 Å². The quantitative estimate of drug-likeness (QED) is 0.614. The summed E-state index contributed by atoms with van der Waals surface area (Å²) in [6.07, 6.45) is 4.17. The average Bonchev–Trinajstić information content (AvgIpc) is 3.43. The molecular formula is C21H24N6O3S. The largest absolute Gasteiger partial charge is 0.493 e. The van der Waals surface area contributed by atoms with E-state index in [1.807, 2.05) is 30.0 Å². The van der Waals surface area contributed by atoms with E-state index in [0.717, 1.165) is 54.4 Å². The first-order valence-electron chi connectivity index (χ1n) is 10.4. The van der Waals surface area contributed by atoms with Gasteiger partial charge in [0.05, 0.1) is 38.5 Å². The first-order chi connectivity index (χ1) is 15.1. The maximum atomic E-state index is 13.3. The highest BCUT2D eigenvalue weighted by Gasteiger charge is 2.42. The van der Waals surface area contributed by atoms with Crippen LogP contribution in [0.2, 0.25) is 0 Å². The molecule has 1 aromatic carbocycles. The lowest BCUT2D eigenvalue weighted by molar-refractivity contribution is 0.0424. The third-order valence-corrected chi connectivity index (χ3v) is 7.07. The average molecular weight is 441 g/mol. The molecule has 5 rings (SSSR count). The maximum absolute atomic E-state index is 13.3. The first kappa shape index (κ1) is 19.9. The number of ether oxygens (including phenoxy) is 2. The molecule has 1 saturated carbocycles. The molecule has 3 aromatic rings. The zero-order chi connectivity index (χ0) is 21.5. The van der Waals surface area contributed by atoms with Gasteiger partial charge in [0, 0.05) is 5.56 Å². The lowest BCUT2D eigenvalue weighted by Gasteiger charge is -2.44. The molecule has 0 unspecified atom stereocenters. The number of hydrogen-bond acceptors (Lipinski definition) is 8. The Hall–Kier alpha value is -3.01. The summed E-state index contributed by atoms with van der Waals surface area (Å²) in [6, 6.07) is 6.02. The molecule has 1 amide bonds. The van der Waals surface area contributed by atoms with Crippen LogP contribution in [0.1, 0.15) is 52.9 Å². The lowest BCUT2D eigenvalue weighted by atomic mass is 9.87. The third-order valence-electron chi connectivity index (χ3n) is 6.25. The fourth-order valence-electron chi connectivity index (χ4n) is 4.76. The van der Waals surface area contributed by atoms with E-state index in [-0.39, 0.29) is 18.0 Å². The summed E-state index contributed by atoms with van der Waals surface area (Å²) in [6.45, 7) is 2.26. The SMILES string of the molecule is COc1ccc(-c2nnc3n2[C@@H]2CCCC[C@@H]2N(C(=O)c2snnc2C)C3)cc1OC. The van der Waals surface area contributed by atoms with Gasteiger partial charge in [0.15, 0.2) is 23.1 Å². The van der Waals surface area contributed by atoms with Crippen molar-refractivity contribution in [1.29, 1.82) is 0 Å². The van der Waals surface area contributed by atoms with Crippen LogP contribution in [0.15, 0.2) is 18.2 Å². The van der Waals surface area contributed by atoms with Crippen molar-refractivity contribution in [3.63, 3.8) is 0 Å². The van der Waals surface area contributed by atoms with Gasteiger partial charge < -0.3 is 18.9 Å². The number of carbonyl (C=O) groups excluding carboxylic acids is 1. The predicted octanol–water partition coefficient (Wildman–Crippen LogP) is 3.26. The number of aromatic nitrogens is 5. The molecule has 31 heavy (non-hydrogen) atoms. The van der Waals surface area contributed by atoms with E-state index in [1.165, 1.54) is 0 Å². The third kappa shape index (κ3) is 3.25. The molecule has 0 spiro atoms. The summed E-state index contributed by atoms with van der Waals surface area (Å²) in [5.74, 6) is 2.92. The molecule has 2 atom stereocenters. The number of fused-ring (bicyclic) bond motifs is 3. The van der Waals surface area contributed by atoms with Gasteiger partial charge in [-0.2, -0.15) is 0 Å².